The largest absolute Gasteiger partial charge is 0.508 e. The Labute approximate surface area is 193 Å². The first kappa shape index (κ1) is 24.0. The van der Waals surface area contributed by atoms with Crippen LogP contribution in [0.3, 0.4) is 0 Å². The maximum Gasteiger partial charge on any atom is 0.267 e. The van der Waals surface area contributed by atoms with Crippen LogP contribution < -0.4 is 4.74 Å². The molecule has 0 heterocycles. The van der Waals surface area contributed by atoms with Crippen LogP contribution in [0, 0.1) is 0 Å². The van der Waals surface area contributed by atoms with Gasteiger partial charge in [0.2, 0.25) is 0 Å². The topological polar surface area (TPSA) is 29.5 Å². The van der Waals surface area contributed by atoms with Crippen molar-refractivity contribution in [3.8, 4) is 22.6 Å². The standard InChI is InChI=1S/C22H29Br3O2Si/c1-2-3-4-5-6-15-27-21-12-9-18(10-13-21)22-14-11-20(26)17-19(22)8-7-16-28(23,24)25/h9-14,17,26H,2-8,15-16H2,1H3. The average molecular weight is 593 g/mol. The van der Waals surface area contributed by atoms with E-state index in [4.69, 9.17) is 4.74 Å². The van der Waals surface area contributed by atoms with Crippen molar-refractivity contribution >= 4 is 49.8 Å². The van der Waals surface area contributed by atoms with Crippen LogP contribution in [0.1, 0.15) is 51.0 Å². The number of benzene rings is 2. The van der Waals surface area contributed by atoms with Crippen molar-refractivity contribution in [2.24, 2.45) is 0 Å². The molecule has 0 saturated heterocycles. The Bertz CT molecular complexity index is 715. The van der Waals surface area contributed by atoms with Gasteiger partial charge in [0.15, 0.2) is 0 Å². The van der Waals surface area contributed by atoms with Gasteiger partial charge in [0.25, 0.3) is 3.93 Å². The van der Waals surface area contributed by atoms with E-state index in [-0.39, 0.29) is 0 Å². The summed E-state index contributed by atoms with van der Waals surface area (Å²) >= 11 is 11.1. The number of hydrogen-bond donors (Lipinski definition) is 1. The van der Waals surface area contributed by atoms with Crippen molar-refractivity contribution in [3.05, 3.63) is 48.0 Å². The summed E-state index contributed by atoms with van der Waals surface area (Å²) in [6.07, 6.45) is 8.21. The quantitative estimate of drug-likeness (QED) is 0.152. The van der Waals surface area contributed by atoms with E-state index >= 15 is 0 Å². The molecule has 0 aliphatic rings. The maximum absolute atomic E-state index is 9.92. The summed E-state index contributed by atoms with van der Waals surface area (Å²) in [7, 11) is 0. The Morgan fingerprint density at radius 3 is 2.29 bits per heavy atom. The molecule has 6 heteroatoms. The van der Waals surface area contributed by atoms with E-state index in [1.807, 2.05) is 24.3 Å². The molecule has 2 aromatic carbocycles. The number of aryl methyl sites for hydroxylation is 1. The number of halogens is 3. The number of rotatable bonds is 12. The number of phenols is 1. The molecule has 0 bridgehead atoms. The Morgan fingerprint density at radius 1 is 0.893 bits per heavy atom. The van der Waals surface area contributed by atoms with Crippen molar-refractivity contribution in [1.82, 2.24) is 0 Å². The lowest BCUT2D eigenvalue weighted by atomic mass is 9.96. The number of phenolic OH excluding ortho intramolecular Hbond substituents is 1. The first-order valence-electron chi connectivity index (χ1n) is 10.0. The van der Waals surface area contributed by atoms with Gasteiger partial charge in [0.1, 0.15) is 11.5 Å². The van der Waals surface area contributed by atoms with Crippen LogP contribution in [0.2, 0.25) is 6.04 Å². The lowest BCUT2D eigenvalue weighted by Crippen LogP contribution is -2.06. The second-order valence-corrected chi connectivity index (χ2v) is 30.6. The van der Waals surface area contributed by atoms with E-state index < -0.39 is 3.93 Å². The number of hydrogen-bond acceptors (Lipinski definition) is 2. The summed E-state index contributed by atoms with van der Waals surface area (Å²) in [6.45, 7) is 3.02. The summed E-state index contributed by atoms with van der Waals surface area (Å²) in [5.74, 6) is 1.25. The van der Waals surface area contributed by atoms with E-state index in [0.29, 0.717) is 5.75 Å². The molecule has 154 valence electrons. The predicted octanol–water partition coefficient (Wildman–Crippen LogP) is 8.46. The van der Waals surface area contributed by atoms with Crippen LogP contribution in [0.15, 0.2) is 42.5 Å². The number of unbranched alkanes of at least 4 members (excludes halogenated alkanes) is 4. The van der Waals surface area contributed by atoms with Gasteiger partial charge in [-0.15, -0.1) is 0 Å². The lowest BCUT2D eigenvalue weighted by Gasteiger charge is -2.13. The zero-order chi connectivity index (χ0) is 20.4. The number of aromatic hydroxyl groups is 1. The molecule has 0 atom stereocenters. The highest BCUT2D eigenvalue weighted by Gasteiger charge is 2.21. The van der Waals surface area contributed by atoms with Gasteiger partial charge >= 0.3 is 0 Å². The fraction of sp³-hybridized carbons (Fsp3) is 0.455. The summed E-state index contributed by atoms with van der Waals surface area (Å²) in [6, 6.07) is 15.0. The van der Waals surface area contributed by atoms with E-state index in [0.717, 1.165) is 43.2 Å². The highest BCUT2D eigenvalue weighted by Crippen LogP contribution is 2.35. The molecule has 0 radical (unpaired) electrons. The van der Waals surface area contributed by atoms with Gasteiger partial charge in [-0.2, -0.15) is 0 Å². The summed E-state index contributed by atoms with van der Waals surface area (Å²) < 4.78 is 4.28. The smallest absolute Gasteiger partial charge is 0.267 e. The molecular weight excluding hydrogens is 564 g/mol. The molecule has 0 aromatic heterocycles. The fourth-order valence-electron chi connectivity index (χ4n) is 3.17. The zero-order valence-electron chi connectivity index (χ0n) is 16.4. The van der Waals surface area contributed by atoms with Crippen molar-refractivity contribution < 1.29 is 9.84 Å². The highest BCUT2D eigenvalue weighted by atomic mass is 80.0. The fourth-order valence-corrected chi connectivity index (χ4v) is 6.28. The van der Waals surface area contributed by atoms with Gasteiger partial charge < -0.3 is 9.84 Å². The van der Waals surface area contributed by atoms with Crippen molar-refractivity contribution in [2.45, 2.75) is 57.9 Å². The van der Waals surface area contributed by atoms with Gasteiger partial charge in [-0.05, 0) is 66.3 Å². The first-order chi connectivity index (χ1) is 13.4. The van der Waals surface area contributed by atoms with Crippen LogP contribution in [0.25, 0.3) is 11.1 Å². The molecule has 0 saturated carbocycles. The summed E-state index contributed by atoms with van der Waals surface area (Å²) in [5, 5.41) is 9.92. The molecule has 0 fully saturated rings. The van der Waals surface area contributed by atoms with E-state index in [9.17, 15) is 5.11 Å². The minimum absolute atomic E-state index is 0.321. The Hall–Kier alpha value is -0.303. The molecule has 2 aromatic rings. The monoisotopic (exact) mass is 590 g/mol. The van der Waals surface area contributed by atoms with Gasteiger partial charge in [-0.1, -0.05) is 96.7 Å². The Kier molecular flexibility index (Phi) is 10.6. The highest BCUT2D eigenvalue weighted by molar-refractivity contribution is 9.72. The minimum Gasteiger partial charge on any atom is -0.508 e. The second-order valence-electron chi connectivity index (χ2n) is 7.10. The molecule has 0 amide bonds. The molecule has 0 spiro atoms. The van der Waals surface area contributed by atoms with Gasteiger partial charge in [0, 0.05) is 0 Å². The van der Waals surface area contributed by atoms with Crippen molar-refractivity contribution in [3.63, 3.8) is 0 Å². The van der Waals surface area contributed by atoms with E-state index in [1.54, 1.807) is 6.07 Å². The Morgan fingerprint density at radius 2 is 1.61 bits per heavy atom. The third-order valence-corrected chi connectivity index (χ3v) is 9.17. The second kappa shape index (κ2) is 12.4. The van der Waals surface area contributed by atoms with Gasteiger partial charge in [0.05, 0.1) is 6.61 Å². The molecule has 2 nitrogen and oxygen atoms in total. The SMILES string of the molecule is CCCCCCCOc1ccc(-c2ccc(O)cc2CCC[Si](Br)(Br)Br)cc1. The third-order valence-electron chi connectivity index (χ3n) is 4.68. The van der Waals surface area contributed by atoms with Gasteiger partial charge in [-0.3, -0.25) is 0 Å². The average Bonchev–Trinajstić information content (AvgIpc) is 2.64. The van der Waals surface area contributed by atoms with Crippen LogP contribution in [0.5, 0.6) is 11.5 Å². The molecular formula is C22H29Br3O2Si. The van der Waals surface area contributed by atoms with E-state index in [1.165, 1.54) is 36.8 Å². The third kappa shape index (κ3) is 9.01. The molecule has 1 N–H and O–H groups in total. The summed E-state index contributed by atoms with van der Waals surface area (Å²) in [5.41, 5.74) is 3.51. The van der Waals surface area contributed by atoms with Crippen LogP contribution in [-0.2, 0) is 6.42 Å². The molecule has 0 aliphatic heterocycles. The van der Waals surface area contributed by atoms with Crippen molar-refractivity contribution in [2.75, 3.05) is 6.61 Å². The first-order valence-corrected chi connectivity index (χ1v) is 19.0. The zero-order valence-corrected chi connectivity index (χ0v) is 22.2. The minimum atomic E-state index is -1.59. The molecule has 28 heavy (non-hydrogen) atoms. The van der Waals surface area contributed by atoms with Crippen LogP contribution in [-0.4, -0.2) is 15.6 Å². The predicted molar refractivity (Wildman–Crippen MR) is 133 cm³/mol. The van der Waals surface area contributed by atoms with Crippen molar-refractivity contribution in [1.29, 1.82) is 0 Å². The normalized spacial score (nSPS) is 11.6. The summed E-state index contributed by atoms with van der Waals surface area (Å²) in [4.78, 5) is 0. The Balaban J connectivity index is 1.96. The molecule has 0 unspecified atom stereocenters. The van der Waals surface area contributed by atoms with Gasteiger partial charge in [-0.25, -0.2) is 0 Å². The van der Waals surface area contributed by atoms with Crippen LogP contribution in [0.4, 0.5) is 0 Å². The van der Waals surface area contributed by atoms with Crippen LogP contribution >= 0.6 is 45.9 Å². The van der Waals surface area contributed by atoms with E-state index in [2.05, 4.69) is 64.9 Å². The molecule has 2 rings (SSSR count). The number of ether oxygens (including phenoxy) is 1. The lowest BCUT2D eigenvalue weighted by molar-refractivity contribution is 0.304. The molecule has 0 aliphatic carbocycles. The maximum atomic E-state index is 9.92.